The zero-order valence-electron chi connectivity index (χ0n) is 9.18. The quantitative estimate of drug-likeness (QED) is 0.366. The summed E-state index contributed by atoms with van der Waals surface area (Å²) in [5.41, 5.74) is 2.51. The van der Waals surface area contributed by atoms with E-state index in [4.69, 9.17) is 0 Å². The Morgan fingerprint density at radius 2 is 1.88 bits per heavy atom. The first-order chi connectivity index (χ1) is 7.93. The molecule has 1 rings (SSSR count). The molecular formula is C10H14BrF2NO3. The van der Waals surface area contributed by atoms with Crippen LogP contribution in [0.2, 0.25) is 0 Å². The fraction of sp³-hybridized carbons (Fsp3) is 0.800. The van der Waals surface area contributed by atoms with Gasteiger partial charge < -0.3 is 4.84 Å². The second kappa shape index (κ2) is 6.39. The van der Waals surface area contributed by atoms with Gasteiger partial charge in [-0.3, -0.25) is 4.79 Å². The number of hydrogen-bond acceptors (Lipinski definition) is 4. The number of halogens is 3. The summed E-state index contributed by atoms with van der Waals surface area (Å²) in [6, 6.07) is 0. The molecule has 1 N–H and O–H groups in total. The van der Waals surface area contributed by atoms with Crippen molar-refractivity contribution in [2.24, 2.45) is 0 Å². The van der Waals surface area contributed by atoms with E-state index in [1.165, 1.54) is 0 Å². The van der Waals surface area contributed by atoms with Gasteiger partial charge in [0.15, 0.2) is 0 Å². The maximum Gasteiger partial charge on any atom is 0.332 e. The van der Waals surface area contributed by atoms with Gasteiger partial charge in [-0.15, -0.1) is 5.48 Å². The second-order valence-corrected chi connectivity index (χ2v) is 5.56. The minimum Gasteiger partial charge on any atom is -0.369 e. The normalized spacial score (nSPS) is 19.1. The van der Waals surface area contributed by atoms with Crippen LogP contribution < -0.4 is 5.48 Å². The number of alkyl halides is 3. The van der Waals surface area contributed by atoms with E-state index in [1.54, 1.807) is 0 Å². The molecule has 17 heavy (non-hydrogen) atoms. The number of hydrogen-bond donors (Lipinski definition) is 1. The summed E-state index contributed by atoms with van der Waals surface area (Å²) >= 11 is 3.40. The van der Waals surface area contributed by atoms with E-state index in [-0.39, 0.29) is 0 Å². The number of ketones is 1. The Labute approximate surface area is 106 Å². The van der Waals surface area contributed by atoms with Gasteiger partial charge in [-0.05, 0) is 12.8 Å². The van der Waals surface area contributed by atoms with Crippen molar-refractivity contribution in [3.63, 3.8) is 0 Å². The first-order valence-electron chi connectivity index (χ1n) is 5.39. The van der Waals surface area contributed by atoms with Crippen LogP contribution in [0.15, 0.2) is 0 Å². The summed E-state index contributed by atoms with van der Waals surface area (Å²) in [6.07, 6.45) is 0.625. The molecule has 0 radical (unpaired) electrons. The Bertz CT molecular complexity index is 293. The number of rotatable bonds is 5. The van der Waals surface area contributed by atoms with Crippen LogP contribution in [0.1, 0.15) is 38.5 Å². The van der Waals surface area contributed by atoms with Crippen LogP contribution in [0, 0.1) is 0 Å². The highest BCUT2D eigenvalue weighted by Crippen LogP contribution is 2.33. The summed E-state index contributed by atoms with van der Waals surface area (Å²) < 4.78 is 23.3. The second-order valence-electron chi connectivity index (χ2n) is 4.05. The lowest BCUT2D eigenvalue weighted by Crippen LogP contribution is -2.42. The number of carbonyl (C=O) groups excluding carboxylic acids is 2. The topological polar surface area (TPSA) is 55.4 Å². The van der Waals surface area contributed by atoms with E-state index in [0.29, 0.717) is 0 Å². The minimum atomic E-state index is -3.13. The van der Waals surface area contributed by atoms with Gasteiger partial charge in [-0.1, -0.05) is 35.2 Å². The van der Waals surface area contributed by atoms with Gasteiger partial charge in [-0.25, -0.2) is 13.6 Å². The minimum absolute atomic E-state index is 0.491. The number of hydroxylamine groups is 1. The van der Waals surface area contributed by atoms with Gasteiger partial charge in [0.05, 0.1) is 0 Å². The number of carbonyl (C=O) groups is 2. The predicted octanol–water partition coefficient (Wildman–Crippen LogP) is 2.31. The fourth-order valence-electron chi connectivity index (χ4n) is 1.62. The van der Waals surface area contributed by atoms with E-state index in [9.17, 15) is 18.4 Å². The summed E-state index contributed by atoms with van der Waals surface area (Å²) in [5, 5.41) is 0. The number of nitrogens with one attached hydrogen (secondary N) is 1. The Morgan fingerprint density at radius 1 is 1.29 bits per heavy atom. The molecule has 0 unspecified atom stereocenters. The Hall–Kier alpha value is -0.560. The molecular weight excluding hydrogens is 300 g/mol. The van der Waals surface area contributed by atoms with Crippen molar-refractivity contribution >= 4 is 27.7 Å². The molecule has 0 heterocycles. The average Bonchev–Trinajstić information content (AvgIpc) is 2.27. The van der Waals surface area contributed by atoms with Gasteiger partial charge in [0.25, 0.3) is 6.43 Å². The van der Waals surface area contributed by atoms with Crippen molar-refractivity contribution in [1.82, 2.24) is 5.48 Å². The molecule has 4 nitrogen and oxygen atoms in total. The van der Waals surface area contributed by atoms with Gasteiger partial charge in [0.1, 0.15) is 10.9 Å². The zero-order valence-corrected chi connectivity index (χ0v) is 10.8. The highest BCUT2D eigenvalue weighted by Gasteiger charge is 2.30. The van der Waals surface area contributed by atoms with Gasteiger partial charge in [-0.2, -0.15) is 0 Å². The third-order valence-electron chi connectivity index (χ3n) is 2.56. The predicted molar refractivity (Wildman–Crippen MR) is 59.6 cm³/mol. The van der Waals surface area contributed by atoms with E-state index in [1.807, 2.05) is 0 Å². The van der Waals surface area contributed by atoms with Gasteiger partial charge >= 0.3 is 5.97 Å². The van der Waals surface area contributed by atoms with E-state index < -0.39 is 29.0 Å². The molecule has 98 valence electrons. The zero-order chi connectivity index (χ0) is 12.9. The summed E-state index contributed by atoms with van der Waals surface area (Å²) in [7, 11) is 0. The molecule has 0 atom stereocenters. The molecule has 1 aliphatic carbocycles. The molecule has 0 saturated heterocycles. The molecule has 0 aliphatic heterocycles. The largest absolute Gasteiger partial charge is 0.369 e. The summed E-state index contributed by atoms with van der Waals surface area (Å²) in [4.78, 5) is 26.3. The molecule has 0 aromatic carbocycles. The molecule has 0 spiro atoms. The summed E-state index contributed by atoms with van der Waals surface area (Å²) in [6.45, 7) is 0. The molecule has 0 aromatic rings. The van der Waals surface area contributed by atoms with E-state index in [0.717, 1.165) is 32.1 Å². The van der Waals surface area contributed by atoms with Gasteiger partial charge in [0, 0.05) is 0 Å². The van der Waals surface area contributed by atoms with Crippen LogP contribution in [0.3, 0.4) is 0 Å². The lowest BCUT2D eigenvalue weighted by molar-refractivity contribution is -0.157. The van der Waals surface area contributed by atoms with E-state index >= 15 is 0 Å². The number of Topliss-reactive ketones (excluding diaryl/α,β-unsaturated/α-hetero) is 1. The van der Waals surface area contributed by atoms with Crippen molar-refractivity contribution in [3.05, 3.63) is 0 Å². The van der Waals surface area contributed by atoms with Crippen LogP contribution in [0.5, 0.6) is 0 Å². The maximum absolute atomic E-state index is 11.9. The molecule has 0 bridgehead atoms. The third kappa shape index (κ3) is 5.08. The standard InChI is InChI=1S/C10H14BrF2NO3/c11-10(4-2-1-3-5-10)14-17-8(16)6-7(15)9(12)13/h9,14H,1-6H2. The lowest BCUT2D eigenvalue weighted by atomic mass is 9.96. The first-order valence-corrected chi connectivity index (χ1v) is 6.19. The lowest BCUT2D eigenvalue weighted by Gasteiger charge is -2.31. The van der Waals surface area contributed by atoms with Crippen molar-refractivity contribution in [2.45, 2.75) is 49.4 Å². The Morgan fingerprint density at radius 3 is 2.41 bits per heavy atom. The molecule has 1 saturated carbocycles. The fourth-order valence-corrected chi connectivity index (χ4v) is 2.26. The van der Waals surface area contributed by atoms with E-state index in [2.05, 4.69) is 26.2 Å². The van der Waals surface area contributed by atoms with Crippen molar-refractivity contribution in [1.29, 1.82) is 0 Å². The molecule has 1 aliphatic rings. The van der Waals surface area contributed by atoms with Crippen LogP contribution in [-0.2, 0) is 14.4 Å². The Balaban J connectivity index is 2.30. The van der Waals surface area contributed by atoms with Crippen LogP contribution in [0.4, 0.5) is 8.78 Å². The molecule has 0 aromatic heterocycles. The summed E-state index contributed by atoms with van der Waals surface area (Å²) in [5.74, 6) is -2.41. The van der Waals surface area contributed by atoms with Crippen molar-refractivity contribution in [3.8, 4) is 0 Å². The molecule has 0 amide bonds. The maximum atomic E-state index is 11.9. The van der Waals surface area contributed by atoms with Gasteiger partial charge in [0.2, 0.25) is 5.78 Å². The molecule has 7 heteroatoms. The average molecular weight is 314 g/mol. The SMILES string of the molecule is O=C(CC(=O)C(F)F)ONC1(Br)CCCCC1. The third-order valence-corrected chi connectivity index (χ3v) is 3.51. The van der Waals surface area contributed by atoms with Crippen LogP contribution in [-0.4, -0.2) is 22.6 Å². The van der Waals surface area contributed by atoms with Crippen molar-refractivity contribution in [2.75, 3.05) is 0 Å². The highest BCUT2D eigenvalue weighted by atomic mass is 79.9. The first kappa shape index (κ1) is 14.5. The van der Waals surface area contributed by atoms with Crippen LogP contribution >= 0.6 is 15.9 Å². The van der Waals surface area contributed by atoms with Crippen LogP contribution in [0.25, 0.3) is 0 Å². The smallest absolute Gasteiger partial charge is 0.332 e. The highest BCUT2D eigenvalue weighted by molar-refractivity contribution is 9.10. The molecule has 1 fully saturated rings. The van der Waals surface area contributed by atoms with Crippen molar-refractivity contribution < 1.29 is 23.2 Å². The Kier molecular flexibility index (Phi) is 5.45. The monoisotopic (exact) mass is 313 g/mol.